The molecule has 0 unspecified atom stereocenters. The van der Waals surface area contributed by atoms with Gasteiger partial charge in [-0.3, -0.25) is 0 Å². The molecule has 0 amide bonds. The first-order chi connectivity index (χ1) is 20.4. The molecule has 0 fully saturated rings. The van der Waals surface area contributed by atoms with Crippen LogP contribution in [0.15, 0.2) is 146 Å². The van der Waals surface area contributed by atoms with E-state index in [9.17, 15) is 0 Å². The Kier molecular flexibility index (Phi) is 5.61. The van der Waals surface area contributed by atoms with E-state index in [1.54, 1.807) is 0 Å². The molecule has 0 spiro atoms. The van der Waals surface area contributed by atoms with Crippen LogP contribution < -0.4 is 4.90 Å². The molecule has 8 rings (SSSR count). The molecule has 0 aliphatic rings. The average Bonchev–Trinajstić information content (AvgIpc) is 3.67. The summed E-state index contributed by atoms with van der Waals surface area (Å²) in [5.74, 6) is 0. The lowest BCUT2D eigenvalue weighted by atomic mass is 10.0. The quantitative estimate of drug-likeness (QED) is 0.216. The molecule has 0 bridgehead atoms. The Labute approximate surface area is 241 Å². The van der Waals surface area contributed by atoms with Crippen molar-refractivity contribution in [3.8, 4) is 16.8 Å². The van der Waals surface area contributed by atoms with Crippen molar-refractivity contribution in [1.29, 1.82) is 0 Å². The summed E-state index contributed by atoms with van der Waals surface area (Å²) >= 11 is 1.26. The largest absolute Gasteiger partial charge is 0.309 e. The molecule has 0 radical (unpaired) electrons. The molecule has 0 aliphatic carbocycles. The Morgan fingerprint density at radius 1 is 0.488 bits per heavy atom. The van der Waals surface area contributed by atoms with Gasteiger partial charge < -0.3 is 9.47 Å². The molecule has 0 aliphatic heterocycles. The fourth-order valence-corrected chi connectivity index (χ4v) is 6.41. The fourth-order valence-electron chi connectivity index (χ4n) is 5.84. The molecule has 0 saturated carbocycles. The molecule has 0 N–H and O–H groups in total. The van der Waals surface area contributed by atoms with Gasteiger partial charge >= 0.3 is 0 Å². The van der Waals surface area contributed by atoms with Crippen LogP contribution in [0.5, 0.6) is 0 Å². The lowest BCUT2D eigenvalue weighted by molar-refractivity contribution is 1.18. The first-order valence-electron chi connectivity index (χ1n) is 13.6. The summed E-state index contributed by atoms with van der Waals surface area (Å²) in [6.07, 6.45) is 0. The fraction of sp³-hybridized carbons (Fsp3) is 0. The number of aromatic nitrogens is 3. The Morgan fingerprint density at radius 3 is 1.63 bits per heavy atom. The lowest BCUT2D eigenvalue weighted by Gasteiger charge is -2.25. The van der Waals surface area contributed by atoms with E-state index in [2.05, 4.69) is 143 Å². The Hall–Kier alpha value is -5.26. The molecule has 5 heteroatoms. The van der Waals surface area contributed by atoms with E-state index in [1.165, 1.54) is 33.5 Å². The molecule has 0 saturated heterocycles. The van der Waals surface area contributed by atoms with Crippen LogP contribution in [0.1, 0.15) is 0 Å². The molecule has 8 aromatic rings. The zero-order chi connectivity index (χ0) is 27.2. The molecule has 6 aromatic carbocycles. The zero-order valence-corrected chi connectivity index (χ0v) is 22.9. The van der Waals surface area contributed by atoms with Gasteiger partial charge in [-0.2, -0.15) is 8.75 Å². The summed E-state index contributed by atoms with van der Waals surface area (Å²) in [7, 11) is 0. The minimum atomic E-state index is 0.895. The summed E-state index contributed by atoms with van der Waals surface area (Å²) in [5.41, 5.74) is 10.7. The van der Waals surface area contributed by atoms with Crippen LogP contribution in [0.4, 0.5) is 17.1 Å². The number of hydrogen-bond acceptors (Lipinski definition) is 4. The number of fused-ring (bicyclic) bond motifs is 4. The molecule has 2 aromatic heterocycles. The lowest BCUT2D eigenvalue weighted by Crippen LogP contribution is -2.10. The summed E-state index contributed by atoms with van der Waals surface area (Å²) < 4.78 is 11.9. The standard InChI is InChI=1S/C36H24N4S/c1-3-11-26(12-4-1)39(27-13-5-2-6-14-27)34-24-23-29(35-36(34)38-41-37-35)25-19-21-28(22-20-25)40-32-17-9-7-15-30(32)31-16-8-10-18-33(31)40/h1-24H. The topological polar surface area (TPSA) is 34.0 Å². The van der Waals surface area contributed by atoms with Crippen molar-refractivity contribution in [2.24, 2.45) is 0 Å². The Bertz CT molecular complexity index is 2050. The van der Waals surface area contributed by atoms with Gasteiger partial charge in [0.1, 0.15) is 11.0 Å². The van der Waals surface area contributed by atoms with Crippen LogP contribution in [-0.4, -0.2) is 13.3 Å². The van der Waals surface area contributed by atoms with Crippen LogP contribution in [0.25, 0.3) is 49.7 Å². The second-order valence-corrected chi connectivity index (χ2v) is 10.5. The smallest absolute Gasteiger partial charge is 0.129 e. The first-order valence-corrected chi connectivity index (χ1v) is 14.3. The maximum absolute atomic E-state index is 4.79. The third-order valence-corrected chi connectivity index (χ3v) is 8.21. The second kappa shape index (κ2) is 9.73. The molecule has 4 nitrogen and oxygen atoms in total. The normalized spacial score (nSPS) is 11.4. The third kappa shape index (κ3) is 3.90. The van der Waals surface area contributed by atoms with Gasteiger partial charge in [-0.05, 0) is 66.2 Å². The Morgan fingerprint density at radius 2 is 1.02 bits per heavy atom. The highest BCUT2D eigenvalue weighted by atomic mass is 32.1. The number of hydrogen-bond donors (Lipinski definition) is 0. The minimum Gasteiger partial charge on any atom is -0.309 e. The second-order valence-electron chi connectivity index (χ2n) is 10.0. The van der Waals surface area contributed by atoms with E-state index < -0.39 is 0 Å². The van der Waals surface area contributed by atoms with Crippen molar-refractivity contribution < 1.29 is 0 Å². The zero-order valence-electron chi connectivity index (χ0n) is 22.1. The predicted molar refractivity (Wildman–Crippen MR) is 172 cm³/mol. The molecule has 0 atom stereocenters. The van der Waals surface area contributed by atoms with E-state index in [0.29, 0.717) is 0 Å². The monoisotopic (exact) mass is 544 g/mol. The number of nitrogens with zero attached hydrogens (tertiary/aromatic N) is 4. The number of benzene rings is 6. The van der Waals surface area contributed by atoms with Crippen LogP contribution >= 0.6 is 11.7 Å². The average molecular weight is 545 g/mol. The van der Waals surface area contributed by atoms with E-state index in [-0.39, 0.29) is 0 Å². The maximum atomic E-state index is 4.79. The third-order valence-electron chi connectivity index (χ3n) is 7.68. The van der Waals surface area contributed by atoms with Crippen molar-refractivity contribution in [2.75, 3.05) is 4.90 Å². The molecule has 2 heterocycles. The molecular formula is C36H24N4S. The van der Waals surface area contributed by atoms with Crippen molar-refractivity contribution in [1.82, 2.24) is 13.3 Å². The maximum Gasteiger partial charge on any atom is 0.129 e. The summed E-state index contributed by atoms with van der Waals surface area (Å²) in [6.45, 7) is 0. The summed E-state index contributed by atoms with van der Waals surface area (Å²) in [6, 6.07) is 51.2. The minimum absolute atomic E-state index is 0.895. The number of anilines is 3. The predicted octanol–water partition coefficient (Wildman–Crippen LogP) is 9.93. The SMILES string of the molecule is c1ccc(N(c2ccccc2)c2ccc(-c3ccc(-n4c5ccccc5c5ccccc54)cc3)c3nsnc23)cc1. The number of rotatable bonds is 5. The first kappa shape index (κ1) is 23.6. The summed E-state index contributed by atoms with van der Waals surface area (Å²) in [5, 5.41) is 2.53. The van der Waals surface area contributed by atoms with Gasteiger partial charge in [0.05, 0.1) is 28.4 Å². The van der Waals surface area contributed by atoms with Crippen molar-refractivity contribution in [3.63, 3.8) is 0 Å². The summed E-state index contributed by atoms with van der Waals surface area (Å²) in [4.78, 5) is 2.25. The van der Waals surface area contributed by atoms with Gasteiger partial charge in [0.2, 0.25) is 0 Å². The van der Waals surface area contributed by atoms with E-state index in [4.69, 9.17) is 8.75 Å². The van der Waals surface area contributed by atoms with E-state index in [0.717, 1.165) is 44.9 Å². The van der Waals surface area contributed by atoms with Crippen LogP contribution in [0, 0.1) is 0 Å². The van der Waals surface area contributed by atoms with E-state index in [1.807, 2.05) is 12.1 Å². The number of para-hydroxylation sites is 4. The van der Waals surface area contributed by atoms with Crippen molar-refractivity contribution >= 4 is 61.6 Å². The van der Waals surface area contributed by atoms with E-state index >= 15 is 0 Å². The highest BCUT2D eigenvalue weighted by molar-refractivity contribution is 7.00. The molecular weight excluding hydrogens is 520 g/mol. The van der Waals surface area contributed by atoms with Crippen molar-refractivity contribution in [3.05, 3.63) is 146 Å². The van der Waals surface area contributed by atoms with Gasteiger partial charge in [0.15, 0.2) is 0 Å². The highest BCUT2D eigenvalue weighted by Crippen LogP contribution is 2.41. The van der Waals surface area contributed by atoms with Gasteiger partial charge in [0, 0.05) is 33.4 Å². The van der Waals surface area contributed by atoms with Crippen LogP contribution in [0.2, 0.25) is 0 Å². The molecule has 194 valence electrons. The molecule has 41 heavy (non-hydrogen) atoms. The van der Waals surface area contributed by atoms with Crippen LogP contribution in [0.3, 0.4) is 0 Å². The van der Waals surface area contributed by atoms with Gasteiger partial charge in [0.25, 0.3) is 0 Å². The van der Waals surface area contributed by atoms with Crippen LogP contribution in [-0.2, 0) is 0 Å². The Balaban J connectivity index is 1.24. The van der Waals surface area contributed by atoms with Gasteiger partial charge in [-0.15, -0.1) is 0 Å². The highest BCUT2D eigenvalue weighted by Gasteiger charge is 2.20. The van der Waals surface area contributed by atoms with Crippen molar-refractivity contribution in [2.45, 2.75) is 0 Å². The van der Waals surface area contributed by atoms with Gasteiger partial charge in [-0.1, -0.05) is 84.9 Å². The van der Waals surface area contributed by atoms with Gasteiger partial charge in [-0.25, -0.2) is 0 Å².